The Balaban J connectivity index is 1.54. The SMILES string of the molecule is c1nc(N2CC3(CCNCC3)c3cc(-c4ccsc4)ccc32)c2cc[nH]c2n1. The van der Waals surface area contributed by atoms with Crippen LogP contribution in [0.5, 0.6) is 0 Å². The van der Waals surface area contributed by atoms with Crippen LogP contribution in [0.4, 0.5) is 11.5 Å². The van der Waals surface area contributed by atoms with E-state index in [0.717, 1.165) is 49.3 Å². The largest absolute Gasteiger partial charge is 0.346 e. The standard InChI is InChI=1S/C22H21N5S/c1-2-19-18(11-15(1)16-4-10-28-12-16)22(5-8-23-9-6-22)13-27(19)21-17-3-7-24-20(17)25-14-26-21/h1-4,7,10-12,14,23H,5-6,8-9,13H2,(H,24,25,26). The van der Waals surface area contributed by atoms with Crippen LogP contribution in [0.25, 0.3) is 22.2 Å². The van der Waals surface area contributed by atoms with E-state index >= 15 is 0 Å². The molecule has 1 spiro atoms. The molecule has 2 aliphatic rings. The van der Waals surface area contributed by atoms with Crippen molar-refractivity contribution in [3.63, 3.8) is 0 Å². The van der Waals surface area contributed by atoms with Gasteiger partial charge in [0.25, 0.3) is 0 Å². The molecule has 5 heterocycles. The molecule has 5 nitrogen and oxygen atoms in total. The van der Waals surface area contributed by atoms with E-state index in [9.17, 15) is 0 Å². The van der Waals surface area contributed by atoms with E-state index in [1.54, 1.807) is 17.7 Å². The first-order chi connectivity index (χ1) is 13.8. The Labute approximate surface area is 167 Å². The number of rotatable bonds is 2. The molecule has 140 valence electrons. The number of aromatic amines is 1. The van der Waals surface area contributed by atoms with Crippen molar-refractivity contribution in [2.24, 2.45) is 0 Å². The van der Waals surface area contributed by atoms with Gasteiger partial charge in [-0.3, -0.25) is 0 Å². The predicted octanol–water partition coefficient (Wildman–Crippen LogP) is 4.46. The number of anilines is 2. The Bertz CT molecular complexity index is 1140. The molecule has 0 aliphatic carbocycles. The summed E-state index contributed by atoms with van der Waals surface area (Å²) < 4.78 is 0. The summed E-state index contributed by atoms with van der Waals surface area (Å²) in [6.45, 7) is 3.12. The minimum Gasteiger partial charge on any atom is -0.346 e. The number of hydrogen-bond acceptors (Lipinski definition) is 5. The van der Waals surface area contributed by atoms with Gasteiger partial charge in [0.1, 0.15) is 17.8 Å². The van der Waals surface area contributed by atoms with Crippen molar-refractivity contribution in [1.29, 1.82) is 0 Å². The second-order valence-corrected chi connectivity index (χ2v) is 8.58. The molecule has 28 heavy (non-hydrogen) atoms. The van der Waals surface area contributed by atoms with Gasteiger partial charge in [0, 0.05) is 23.8 Å². The summed E-state index contributed by atoms with van der Waals surface area (Å²) in [5.41, 5.74) is 6.47. The highest BCUT2D eigenvalue weighted by Crippen LogP contribution is 2.50. The number of piperidine rings is 1. The fourth-order valence-electron chi connectivity index (χ4n) is 4.87. The zero-order valence-corrected chi connectivity index (χ0v) is 16.3. The van der Waals surface area contributed by atoms with E-state index in [4.69, 9.17) is 4.98 Å². The third-order valence-electron chi connectivity index (χ3n) is 6.32. The third-order valence-corrected chi connectivity index (χ3v) is 7.01. The summed E-state index contributed by atoms with van der Waals surface area (Å²) >= 11 is 1.75. The number of nitrogens with one attached hydrogen (secondary N) is 2. The zero-order chi connectivity index (χ0) is 18.6. The molecule has 6 rings (SSSR count). The lowest BCUT2D eigenvalue weighted by Gasteiger charge is -2.35. The maximum Gasteiger partial charge on any atom is 0.145 e. The lowest BCUT2D eigenvalue weighted by Crippen LogP contribution is -2.42. The normalized spacial score (nSPS) is 18.1. The topological polar surface area (TPSA) is 56.8 Å². The van der Waals surface area contributed by atoms with Gasteiger partial charge in [-0.25, -0.2) is 9.97 Å². The predicted molar refractivity (Wildman–Crippen MR) is 114 cm³/mol. The van der Waals surface area contributed by atoms with Gasteiger partial charge in [-0.1, -0.05) is 6.07 Å². The molecule has 0 amide bonds. The Kier molecular flexibility index (Phi) is 3.58. The minimum atomic E-state index is 0.181. The molecular weight excluding hydrogens is 366 g/mol. The van der Waals surface area contributed by atoms with Crippen LogP contribution >= 0.6 is 11.3 Å². The first-order valence-corrected chi connectivity index (χ1v) is 10.7. The Hall–Kier alpha value is -2.70. The highest BCUT2D eigenvalue weighted by molar-refractivity contribution is 7.08. The van der Waals surface area contributed by atoms with Gasteiger partial charge in [-0.05, 0) is 77.6 Å². The van der Waals surface area contributed by atoms with Crippen molar-refractivity contribution < 1.29 is 0 Å². The molecule has 0 saturated carbocycles. The lowest BCUT2D eigenvalue weighted by atomic mass is 9.74. The summed E-state index contributed by atoms with van der Waals surface area (Å²) in [4.78, 5) is 14.7. The van der Waals surface area contributed by atoms with Gasteiger partial charge in [0.05, 0.1) is 5.39 Å². The zero-order valence-electron chi connectivity index (χ0n) is 15.5. The lowest BCUT2D eigenvalue weighted by molar-refractivity contribution is 0.329. The van der Waals surface area contributed by atoms with E-state index in [0.29, 0.717) is 0 Å². The highest BCUT2D eigenvalue weighted by Gasteiger charge is 2.44. The molecule has 0 unspecified atom stereocenters. The molecule has 3 aromatic heterocycles. The van der Waals surface area contributed by atoms with E-state index in [1.807, 2.05) is 6.20 Å². The van der Waals surface area contributed by atoms with Crippen LogP contribution in [-0.2, 0) is 5.41 Å². The van der Waals surface area contributed by atoms with Crippen LogP contribution in [-0.4, -0.2) is 34.6 Å². The summed E-state index contributed by atoms with van der Waals surface area (Å²) in [6, 6.07) is 11.3. The summed E-state index contributed by atoms with van der Waals surface area (Å²) in [5.74, 6) is 1.01. The molecule has 0 atom stereocenters. The van der Waals surface area contributed by atoms with Crippen LogP contribution in [0.15, 0.2) is 53.6 Å². The van der Waals surface area contributed by atoms with Crippen molar-refractivity contribution in [3.05, 3.63) is 59.2 Å². The van der Waals surface area contributed by atoms with Gasteiger partial charge in [-0.15, -0.1) is 0 Å². The molecule has 4 aromatic rings. The van der Waals surface area contributed by atoms with Crippen molar-refractivity contribution in [1.82, 2.24) is 20.3 Å². The first kappa shape index (κ1) is 16.3. The molecule has 6 heteroatoms. The van der Waals surface area contributed by atoms with Gasteiger partial charge < -0.3 is 15.2 Å². The Morgan fingerprint density at radius 3 is 2.82 bits per heavy atom. The number of benzene rings is 1. The average Bonchev–Trinajstić information content (AvgIpc) is 3.48. The average molecular weight is 388 g/mol. The van der Waals surface area contributed by atoms with E-state index in [-0.39, 0.29) is 5.41 Å². The number of aromatic nitrogens is 3. The van der Waals surface area contributed by atoms with Crippen LogP contribution in [0.1, 0.15) is 18.4 Å². The fraction of sp³-hybridized carbons (Fsp3) is 0.273. The Morgan fingerprint density at radius 2 is 1.96 bits per heavy atom. The molecule has 0 radical (unpaired) electrons. The summed E-state index contributed by atoms with van der Waals surface area (Å²) in [7, 11) is 0. The van der Waals surface area contributed by atoms with Gasteiger partial charge >= 0.3 is 0 Å². The number of fused-ring (bicyclic) bond motifs is 3. The smallest absolute Gasteiger partial charge is 0.145 e. The molecule has 1 aromatic carbocycles. The Morgan fingerprint density at radius 1 is 1.04 bits per heavy atom. The highest BCUT2D eigenvalue weighted by atomic mass is 32.1. The van der Waals surface area contributed by atoms with Crippen LogP contribution in [0.3, 0.4) is 0 Å². The van der Waals surface area contributed by atoms with E-state index in [1.165, 1.54) is 22.4 Å². The molecule has 2 aliphatic heterocycles. The van der Waals surface area contributed by atoms with Crippen molar-refractivity contribution in [3.8, 4) is 11.1 Å². The molecule has 0 bridgehead atoms. The fourth-order valence-corrected chi connectivity index (χ4v) is 5.54. The van der Waals surface area contributed by atoms with E-state index < -0.39 is 0 Å². The quantitative estimate of drug-likeness (QED) is 0.533. The van der Waals surface area contributed by atoms with Crippen LogP contribution < -0.4 is 10.2 Å². The summed E-state index contributed by atoms with van der Waals surface area (Å²) in [5, 5.41) is 9.01. The van der Waals surface area contributed by atoms with E-state index in [2.05, 4.69) is 61.3 Å². The van der Waals surface area contributed by atoms with Gasteiger partial charge in [-0.2, -0.15) is 11.3 Å². The van der Waals surface area contributed by atoms with Gasteiger partial charge in [0.15, 0.2) is 0 Å². The van der Waals surface area contributed by atoms with Crippen LogP contribution in [0.2, 0.25) is 0 Å². The second-order valence-electron chi connectivity index (χ2n) is 7.80. The third kappa shape index (κ3) is 2.34. The minimum absolute atomic E-state index is 0.181. The number of hydrogen-bond donors (Lipinski definition) is 2. The molecule has 1 fully saturated rings. The van der Waals surface area contributed by atoms with Crippen molar-refractivity contribution in [2.45, 2.75) is 18.3 Å². The molecular formula is C22H21N5S. The monoisotopic (exact) mass is 387 g/mol. The maximum atomic E-state index is 4.69. The number of nitrogens with zero attached hydrogens (tertiary/aromatic N) is 3. The number of H-pyrrole nitrogens is 1. The summed E-state index contributed by atoms with van der Waals surface area (Å²) in [6.07, 6.45) is 5.93. The van der Waals surface area contributed by atoms with Crippen molar-refractivity contribution >= 4 is 33.9 Å². The van der Waals surface area contributed by atoms with Crippen LogP contribution in [0, 0.1) is 0 Å². The van der Waals surface area contributed by atoms with Gasteiger partial charge in [0.2, 0.25) is 0 Å². The first-order valence-electron chi connectivity index (χ1n) is 9.78. The van der Waals surface area contributed by atoms with Crippen molar-refractivity contribution in [2.75, 3.05) is 24.5 Å². The number of thiophene rings is 1. The second kappa shape index (κ2) is 6.15. The molecule has 2 N–H and O–H groups in total. The maximum absolute atomic E-state index is 4.69. The molecule has 1 saturated heterocycles.